The number of carbonyl (C=O) groups is 1. The van der Waals surface area contributed by atoms with E-state index in [-0.39, 0.29) is 16.5 Å². The average Bonchev–Trinajstić information content (AvgIpc) is 2.99. The molecule has 2 rings (SSSR count). The molecule has 0 aliphatic heterocycles. The number of anilines is 1. The third-order valence-electron chi connectivity index (χ3n) is 3.26. The molecule has 0 bridgehead atoms. The Kier molecular flexibility index (Phi) is 5.78. The van der Waals surface area contributed by atoms with Crippen LogP contribution in [0.1, 0.15) is 36.7 Å². The fourth-order valence-electron chi connectivity index (χ4n) is 2.07. The zero-order valence-electron chi connectivity index (χ0n) is 15.1. The Bertz CT molecular complexity index is 861. The highest BCUT2D eigenvalue weighted by Crippen LogP contribution is 2.25. The number of halogens is 3. The Balaban J connectivity index is 2.09. The Labute approximate surface area is 154 Å². The number of amides is 1. The molecular formula is C18H19F3N4O2. The number of nitriles is 1. The molecule has 1 aromatic carbocycles. The zero-order chi connectivity index (χ0) is 20.2. The van der Waals surface area contributed by atoms with Gasteiger partial charge < -0.3 is 10.1 Å². The van der Waals surface area contributed by atoms with Gasteiger partial charge in [0.25, 0.3) is 5.91 Å². The Morgan fingerprint density at radius 2 is 2.04 bits per heavy atom. The molecule has 27 heavy (non-hydrogen) atoms. The summed E-state index contributed by atoms with van der Waals surface area (Å²) in [6, 6.07) is 6.55. The molecule has 0 aliphatic rings. The van der Waals surface area contributed by atoms with Crippen molar-refractivity contribution in [3.05, 3.63) is 41.7 Å². The lowest BCUT2D eigenvalue weighted by Gasteiger charge is -2.19. The molecule has 1 aromatic heterocycles. The van der Waals surface area contributed by atoms with E-state index in [1.807, 2.05) is 26.8 Å². The molecule has 0 unspecified atom stereocenters. The van der Waals surface area contributed by atoms with Gasteiger partial charge in [0.1, 0.15) is 18.4 Å². The molecule has 0 atom stereocenters. The number of nitrogens with zero attached hydrogens (tertiary/aromatic N) is 3. The minimum atomic E-state index is -4.43. The van der Waals surface area contributed by atoms with Gasteiger partial charge in [0, 0.05) is 11.9 Å². The van der Waals surface area contributed by atoms with Crippen molar-refractivity contribution in [1.29, 1.82) is 5.26 Å². The van der Waals surface area contributed by atoms with Crippen LogP contribution in [-0.4, -0.2) is 28.5 Å². The SMILES string of the molecule is CC(C)(C)COc1ccc(NC(=O)c2cnn(CC(F)(F)F)c2)cc1C#N. The number of ether oxygens (including phenoxy) is 1. The number of alkyl halides is 3. The van der Waals surface area contributed by atoms with Gasteiger partial charge in [-0.3, -0.25) is 9.48 Å². The van der Waals surface area contributed by atoms with Crippen LogP contribution in [0.4, 0.5) is 18.9 Å². The summed E-state index contributed by atoms with van der Waals surface area (Å²) in [6.07, 6.45) is -2.37. The van der Waals surface area contributed by atoms with Crippen LogP contribution >= 0.6 is 0 Å². The van der Waals surface area contributed by atoms with Gasteiger partial charge >= 0.3 is 6.18 Å². The molecule has 2 aromatic rings. The van der Waals surface area contributed by atoms with Gasteiger partial charge in [-0.15, -0.1) is 0 Å². The molecule has 0 saturated heterocycles. The molecule has 0 fully saturated rings. The highest BCUT2D eigenvalue weighted by atomic mass is 19.4. The molecule has 1 amide bonds. The number of hydrogen-bond acceptors (Lipinski definition) is 4. The van der Waals surface area contributed by atoms with Crippen LogP contribution in [0, 0.1) is 16.7 Å². The molecule has 0 spiro atoms. The predicted octanol–water partition coefficient (Wildman–Crippen LogP) is 3.99. The topological polar surface area (TPSA) is 79.9 Å². The van der Waals surface area contributed by atoms with Crippen molar-refractivity contribution in [2.75, 3.05) is 11.9 Å². The number of carbonyl (C=O) groups excluding carboxylic acids is 1. The molecule has 0 saturated carbocycles. The van der Waals surface area contributed by atoms with Gasteiger partial charge in [-0.25, -0.2) is 0 Å². The summed E-state index contributed by atoms with van der Waals surface area (Å²) in [5.74, 6) is -0.237. The fraction of sp³-hybridized carbons (Fsp3) is 0.389. The first-order valence-electron chi connectivity index (χ1n) is 8.04. The second-order valence-corrected chi connectivity index (χ2v) is 7.17. The maximum atomic E-state index is 12.4. The van der Waals surface area contributed by atoms with Gasteiger partial charge in [-0.1, -0.05) is 20.8 Å². The smallest absolute Gasteiger partial charge is 0.408 e. The second kappa shape index (κ2) is 7.70. The van der Waals surface area contributed by atoms with E-state index in [9.17, 15) is 23.2 Å². The molecule has 144 valence electrons. The maximum Gasteiger partial charge on any atom is 0.408 e. The maximum absolute atomic E-state index is 12.4. The van der Waals surface area contributed by atoms with Gasteiger partial charge in [0.15, 0.2) is 0 Å². The third kappa shape index (κ3) is 6.33. The standard InChI is InChI=1S/C18H19F3N4O2/c1-17(2,3)11-27-15-5-4-14(6-12(15)7-22)24-16(26)13-8-23-25(9-13)10-18(19,20)21/h4-6,8-9H,10-11H2,1-3H3,(H,24,26). The highest BCUT2D eigenvalue weighted by Gasteiger charge is 2.28. The zero-order valence-corrected chi connectivity index (χ0v) is 15.1. The summed E-state index contributed by atoms with van der Waals surface area (Å²) < 4.78 is 43.3. The monoisotopic (exact) mass is 380 g/mol. The van der Waals surface area contributed by atoms with Crippen LogP contribution in [0.2, 0.25) is 0 Å². The first-order chi connectivity index (χ1) is 12.5. The quantitative estimate of drug-likeness (QED) is 0.850. The van der Waals surface area contributed by atoms with Crippen molar-refractivity contribution < 1.29 is 22.7 Å². The van der Waals surface area contributed by atoms with Gasteiger partial charge in [0.2, 0.25) is 0 Å². The summed E-state index contributed by atoms with van der Waals surface area (Å²) in [5.41, 5.74) is 0.453. The van der Waals surface area contributed by atoms with Crippen LogP contribution < -0.4 is 10.1 Å². The van der Waals surface area contributed by atoms with E-state index >= 15 is 0 Å². The van der Waals surface area contributed by atoms with Crippen molar-refractivity contribution in [2.24, 2.45) is 5.41 Å². The fourth-order valence-corrected chi connectivity index (χ4v) is 2.07. The third-order valence-corrected chi connectivity index (χ3v) is 3.26. The van der Waals surface area contributed by atoms with Crippen molar-refractivity contribution in [2.45, 2.75) is 33.5 Å². The summed E-state index contributed by atoms with van der Waals surface area (Å²) in [7, 11) is 0. The molecular weight excluding hydrogens is 361 g/mol. The van der Waals surface area contributed by atoms with E-state index in [4.69, 9.17) is 4.74 Å². The highest BCUT2D eigenvalue weighted by molar-refractivity contribution is 6.04. The number of aromatic nitrogens is 2. The average molecular weight is 380 g/mol. The van der Waals surface area contributed by atoms with Crippen LogP contribution in [0.3, 0.4) is 0 Å². The first kappa shape index (κ1) is 20.3. The minimum Gasteiger partial charge on any atom is -0.492 e. The molecule has 9 heteroatoms. The summed E-state index contributed by atoms with van der Waals surface area (Å²) in [4.78, 5) is 12.2. The molecule has 0 aliphatic carbocycles. The molecule has 0 radical (unpaired) electrons. The number of benzene rings is 1. The molecule has 1 heterocycles. The van der Waals surface area contributed by atoms with Crippen molar-refractivity contribution in [1.82, 2.24) is 9.78 Å². The first-order valence-corrected chi connectivity index (χ1v) is 8.04. The lowest BCUT2D eigenvalue weighted by atomic mass is 9.98. The Hall–Kier alpha value is -3.02. The lowest BCUT2D eigenvalue weighted by molar-refractivity contribution is -0.142. The molecule has 6 nitrogen and oxygen atoms in total. The van der Waals surface area contributed by atoms with Crippen molar-refractivity contribution in [3.63, 3.8) is 0 Å². The second-order valence-electron chi connectivity index (χ2n) is 7.17. The summed E-state index contributed by atoms with van der Waals surface area (Å²) in [5, 5.41) is 15.3. The van der Waals surface area contributed by atoms with E-state index in [2.05, 4.69) is 10.4 Å². The number of nitrogens with one attached hydrogen (secondary N) is 1. The van der Waals surface area contributed by atoms with E-state index in [1.54, 1.807) is 12.1 Å². The normalized spacial score (nSPS) is 11.7. The van der Waals surface area contributed by atoms with Crippen LogP contribution in [0.25, 0.3) is 0 Å². The van der Waals surface area contributed by atoms with Crippen LogP contribution in [0.15, 0.2) is 30.6 Å². The summed E-state index contributed by atoms with van der Waals surface area (Å²) in [6.45, 7) is 5.11. The van der Waals surface area contributed by atoms with Gasteiger partial charge in [-0.2, -0.15) is 23.5 Å². The summed E-state index contributed by atoms with van der Waals surface area (Å²) >= 11 is 0. The number of rotatable bonds is 5. The van der Waals surface area contributed by atoms with Gasteiger partial charge in [-0.05, 0) is 23.6 Å². The Morgan fingerprint density at radius 1 is 1.33 bits per heavy atom. The van der Waals surface area contributed by atoms with Crippen molar-refractivity contribution in [3.8, 4) is 11.8 Å². The Morgan fingerprint density at radius 3 is 2.63 bits per heavy atom. The van der Waals surface area contributed by atoms with Crippen LogP contribution in [0.5, 0.6) is 5.75 Å². The van der Waals surface area contributed by atoms with E-state index < -0.39 is 18.6 Å². The largest absolute Gasteiger partial charge is 0.492 e. The van der Waals surface area contributed by atoms with E-state index in [1.165, 1.54) is 6.07 Å². The lowest BCUT2D eigenvalue weighted by Crippen LogP contribution is -2.18. The number of hydrogen-bond donors (Lipinski definition) is 1. The molecule has 1 N–H and O–H groups in total. The van der Waals surface area contributed by atoms with Crippen molar-refractivity contribution >= 4 is 11.6 Å². The van der Waals surface area contributed by atoms with Crippen LogP contribution in [-0.2, 0) is 6.54 Å². The van der Waals surface area contributed by atoms with E-state index in [0.717, 1.165) is 12.4 Å². The predicted molar refractivity (Wildman–Crippen MR) is 92.3 cm³/mol. The van der Waals surface area contributed by atoms with E-state index in [0.29, 0.717) is 22.7 Å². The minimum absolute atomic E-state index is 0.0224. The van der Waals surface area contributed by atoms with Gasteiger partial charge in [0.05, 0.1) is 23.9 Å².